The molecule has 0 unspecified atom stereocenters. The van der Waals surface area contributed by atoms with E-state index in [0.29, 0.717) is 12.0 Å². The van der Waals surface area contributed by atoms with E-state index >= 15 is 0 Å². The lowest BCUT2D eigenvalue weighted by Crippen LogP contribution is -2.50. The molecule has 0 saturated heterocycles. The Morgan fingerprint density at radius 1 is 1.50 bits per heavy atom. The standard InChI is InChI=1S/C11H24N4O/c1-3-16-6-4-5-13-11(15-12)14-10-7-9(2)8-10/h9-10H,3-8,12H2,1-2H3,(H2,13,14,15). The van der Waals surface area contributed by atoms with Crippen LogP contribution in [0.1, 0.15) is 33.1 Å². The Balaban J connectivity index is 2.11. The highest BCUT2D eigenvalue weighted by Crippen LogP contribution is 2.25. The van der Waals surface area contributed by atoms with Gasteiger partial charge in [-0.2, -0.15) is 0 Å². The number of hydrogen-bond donors (Lipinski definition) is 3. The number of guanidine groups is 1. The van der Waals surface area contributed by atoms with E-state index in [1.165, 1.54) is 12.8 Å². The van der Waals surface area contributed by atoms with Crippen molar-refractivity contribution in [2.24, 2.45) is 16.8 Å². The molecular weight excluding hydrogens is 204 g/mol. The zero-order valence-electron chi connectivity index (χ0n) is 10.3. The number of hydrogen-bond acceptors (Lipinski definition) is 3. The third kappa shape index (κ3) is 4.81. The number of nitrogens with zero attached hydrogens (tertiary/aromatic N) is 1. The molecule has 0 aromatic carbocycles. The van der Waals surface area contributed by atoms with Crippen molar-refractivity contribution in [3.05, 3.63) is 0 Å². The van der Waals surface area contributed by atoms with E-state index in [0.717, 1.165) is 32.1 Å². The van der Waals surface area contributed by atoms with Crippen LogP contribution in [-0.4, -0.2) is 31.8 Å². The van der Waals surface area contributed by atoms with Gasteiger partial charge in [-0.3, -0.25) is 10.4 Å². The minimum Gasteiger partial charge on any atom is -0.382 e. The fraction of sp³-hybridized carbons (Fsp3) is 0.909. The van der Waals surface area contributed by atoms with E-state index in [1.54, 1.807) is 0 Å². The monoisotopic (exact) mass is 228 g/mol. The summed E-state index contributed by atoms with van der Waals surface area (Å²) in [5, 5.41) is 3.30. The molecular formula is C11H24N4O. The fourth-order valence-corrected chi connectivity index (χ4v) is 1.85. The lowest BCUT2D eigenvalue weighted by Gasteiger charge is -2.34. The van der Waals surface area contributed by atoms with Gasteiger partial charge in [0, 0.05) is 25.8 Å². The molecule has 1 saturated carbocycles. The molecule has 4 N–H and O–H groups in total. The van der Waals surface area contributed by atoms with E-state index in [-0.39, 0.29) is 0 Å². The molecule has 0 heterocycles. The van der Waals surface area contributed by atoms with Gasteiger partial charge in [-0.25, -0.2) is 5.84 Å². The van der Waals surface area contributed by atoms with E-state index in [4.69, 9.17) is 10.6 Å². The van der Waals surface area contributed by atoms with Gasteiger partial charge >= 0.3 is 0 Å². The average Bonchev–Trinajstić information content (AvgIpc) is 2.24. The topological polar surface area (TPSA) is 71.7 Å². The maximum Gasteiger partial charge on any atom is 0.205 e. The van der Waals surface area contributed by atoms with Crippen LogP contribution in [0.4, 0.5) is 0 Å². The van der Waals surface area contributed by atoms with Gasteiger partial charge in [0.1, 0.15) is 0 Å². The molecule has 1 aliphatic carbocycles. The van der Waals surface area contributed by atoms with E-state index < -0.39 is 0 Å². The first-order valence-electron chi connectivity index (χ1n) is 6.11. The number of rotatable bonds is 6. The van der Waals surface area contributed by atoms with Crippen molar-refractivity contribution in [2.75, 3.05) is 19.8 Å². The molecule has 0 bridgehead atoms. The van der Waals surface area contributed by atoms with E-state index in [9.17, 15) is 0 Å². The smallest absolute Gasteiger partial charge is 0.205 e. The molecule has 0 aromatic rings. The maximum absolute atomic E-state index is 5.40. The Hall–Kier alpha value is -0.810. The number of ether oxygens (including phenoxy) is 1. The molecule has 1 fully saturated rings. The summed E-state index contributed by atoms with van der Waals surface area (Å²) in [6.45, 7) is 6.53. The third-order valence-corrected chi connectivity index (χ3v) is 2.77. The highest BCUT2D eigenvalue weighted by atomic mass is 16.5. The van der Waals surface area contributed by atoms with Crippen LogP contribution in [0, 0.1) is 5.92 Å². The van der Waals surface area contributed by atoms with Gasteiger partial charge < -0.3 is 10.1 Å². The highest BCUT2D eigenvalue weighted by Gasteiger charge is 2.25. The normalized spacial score (nSPS) is 25.1. The number of nitrogens with two attached hydrogens (primary N) is 1. The van der Waals surface area contributed by atoms with Crippen LogP contribution < -0.4 is 16.6 Å². The van der Waals surface area contributed by atoms with Crippen LogP contribution in [0.5, 0.6) is 0 Å². The van der Waals surface area contributed by atoms with Crippen molar-refractivity contribution >= 4 is 5.96 Å². The van der Waals surface area contributed by atoms with Crippen LogP contribution in [0.15, 0.2) is 4.99 Å². The summed E-state index contributed by atoms with van der Waals surface area (Å²) in [5.74, 6) is 6.93. The molecule has 0 atom stereocenters. The molecule has 5 nitrogen and oxygen atoms in total. The Morgan fingerprint density at radius 2 is 2.25 bits per heavy atom. The second-order valence-corrected chi connectivity index (χ2v) is 4.34. The summed E-state index contributed by atoms with van der Waals surface area (Å²) in [4.78, 5) is 4.35. The SMILES string of the molecule is CCOCCCN=C(NN)NC1CC(C)C1. The number of hydrazine groups is 1. The van der Waals surface area contributed by atoms with Crippen molar-refractivity contribution in [3.8, 4) is 0 Å². The Kier molecular flexibility index (Phi) is 6.18. The Bertz CT molecular complexity index is 214. The van der Waals surface area contributed by atoms with Gasteiger partial charge in [0.25, 0.3) is 0 Å². The molecule has 0 radical (unpaired) electrons. The van der Waals surface area contributed by atoms with Crippen LogP contribution in [0.2, 0.25) is 0 Å². The first-order chi connectivity index (χ1) is 7.76. The van der Waals surface area contributed by atoms with Crippen LogP contribution in [-0.2, 0) is 4.74 Å². The second-order valence-electron chi connectivity index (χ2n) is 4.34. The van der Waals surface area contributed by atoms with Crippen molar-refractivity contribution in [2.45, 2.75) is 39.2 Å². The largest absolute Gasteiger partial charge is 0.382 e. The molecule has 5 heteroatoms. The first kappa shape index (κ1) is 13.3. The molecule has 94 valence electrons. The third-order valence-electron chi connectivity index (χ3n) is 2.77. The summed E-state index contributed by atoms with van der Waals surface area (Å²) in [6.07, 6.45) is 3.35. The molecule has 0 spiro atoms. The van der Waals surface area contributed by atoms with Gasteiger partial charge in [0.05, 0.1) is 0 Å². The average molecular weight is 228 g/mol. The summed E-state index contributed by atoms with van der Waals surface area (Å²) in [6, 6.07) is 0.539. The fourth-order valence-electron chi connectivity index (χ4n) is 1.85. The predicted molar refractivity (Wildman–Crippen MR) is 66.1 cm³/mol. The molecule has 0 aliphatic heterocycles. The van der Waals surface area contributed by atoms with Gasteiger partial charge in [-0.1, -0.05) is 6.92 Å². The minimum atomic E-state index is 0.539. The second kappa shape index (κ2) is 7.46. The van der Waals surface area contributed by atoms with Gasteiger partial charge in [-0.05, 0) is 32.1 Å². The van der Waals surface area contributed by atoms with Crippen LogP contribution in [0.25, 0.3) is 0 Å². The summed E-state index contributed by atoms with van der Waals surface area (Å²) < 4.78 is 5.24. The molecule has 0 amide bonds. The zero-order valence-corrected chi connectivity index (χ0v) is 10.3. The van der Waals surface area contributed by atoms with Gasteiger partial charge in [0.15, 0.2) is 0 Å². The molecule has 1 aliphatic rings. The zero-order chi connectivity index (χ0) is 11.8. The first-order valence-corrected chi connectivity index (χ1v) is 6.11. The van der Waals surface area contributed by atoms with Gasteiger partial charge in [0.2, 0.25) is 5.96 Å². The van der Waals surface area contributed by atoms with E-state index in [1.807, 2.05) is 6.92 Å². The summed E-state index contributed by atoms with van der Waals surface area (Å²) >= 11 is 0. The van der Waals surface area contributed by atoms with Crippen LogP contribution in [0.3, 0.4) is 0 Å². The Labute approximate surface area is 97.8 Å². The maximum atomic E-state index is 5.40. The summed E-state index contributed by atoms with van der Waals surface area (Å²) in [7, 11) is 0. The van der Waals surface area contributed by atoms with Gasteiger partial charge in [-0.15, -0.1) is 0 Å². The van der Waals surface area contributed by atoms with Crippen molar-refractivity contribution in [3.63, 3.8) is 0 Å². The van der Waals surface area contributed by atoms with E-state index in [2.05, 4.69) is 22.7 Å². The number of aliphatic imine (C=N–C) groups is 1. The minimum absolute atomic E-state index is 0.539. The number of nitrogens with one attached hydrogen (secondary N) is 2. The Morgan fingerprint density at radius 3 is 2.81 bits per heavy atom. The quantitative estimate of drug-likeness (QED) is 0.205. The van der Waals surface area contributed by atoms with Crippen LogP contribution >= 0.6 is 0 Å². The van der Waals surface area contributed by atoms with Crippen molar-refractivity contribution < 1.29 is 4.74 Å². The summed E-state index contributed by atoms with van der Waals surface area (Å²) in [5.41, 5.74) is 2.60. The lowest BCUT2D eigenvalue weighted by atomic mass is 9.82. The molecule has 0 aromatic heterocycles. The van der Waals surface area contributed by atoms with Crippen molar-refractivity contribution in [1.82, 2.24) is 10.7 Å². The van der Waals surface area contributed by atoms with Crippen molar-refractivity contribution in [1.29, 1.82) is 0 Å². The lowest BCUT2D eigenvalue weighted by molar-refractivity contribution is 0.146. The molecule has 1 rings (SSSR count). The molecule has 16 heavy (non-hydrogen) atoms. The predicted octanol–water partition coefficient (Wildman–Crippen LogP) is 0.620. The highest BCUT2D eigenvalue weighted by molar-refractivity contribution is 5.79.